The largest absolute Gasteiger partial charge is 0.494 e. The van der Waals surface area contributed by atoms with Crippen molar-refractivity contribution in [3.63, 3.8) is 0 Å². The minimum Gasteiger partial charge on any atom is -0.494 e. The van der Waals surface area contributed by atoms with Crippen molar-refractivity contribution in [2.24, 2.45) is 0 Å². The maximum Gasteiger partial charge on any atom is 0.262 e. The molecular formula is C21H26N2O6. The lowest BCUT2D eigenvalue weighted by Gasteiger charge is -2.27. The van der Waals surface area contributed by atoms with E-state index < -0.39 is 29.7 Å². The Kier molecular flexibility index (Phi) is 6.98. The van der Waals surface area contributed by atoms with E-state index in [-0.39, 0.29) is 24.0 Å². The van der Waals surface area contributed by atoms with Crippen molar-refractivity contribution in [3.8, 4) is 5.75 Å². The molecule has 156 valence electrons. The quantitative estimate of drug-likeness (QED) is 0.475. The van der Waals surface area contributed by atoms with Crippen LogP contribution < -0.4 is 10.1 Å². The molecule has 8 heteroatoms. The summed E-state index contributed by atoms with van der Waals surface area (Å²) < 4.78 is 11.1. The van der Waals surface area contributed by atoms with Gasteiger partial charge in [-0.15, -0.1) is 0 Å². The summed E-state index contributed by atoms with van der Waals surface area (Å²) in [5, 5.41) is 2.18. The number of amides is 4. The zero-order chi connectivity index (χ0) is 20.8. The normalized spacial score (nSPS) is 18.8. The first-order valence-corrected chi connectivity index (χ1v) is 10.1. The van der Waals surface area contributed by atoms with E-state index in [0.717, 1.165) is 43.8 Å². The fraction of sp³-hybridized carbons (Fsp3) is 0.524. The number of ether oxygens (including phenoxy) is 2. The van der Waals surface area contributed by atoms with Gasteiger partial charge in [0.25, 0.3) is 11.8 Å². The van der Waals surface area contributed by atoms with Gasteiger partial charge < -0.3 is 9.47 Å². The molecule has 1 N–H and O–H groups in total. The van der Waals surface area contributed by atoms with Crippen molar-refractivity contribution in [2.45, 2.75) is 51.5 Å². The molecule has 8 nitrogen and oxygen atoms in total. The molecule has 1 fully saturated rings. The predicted octanol–water partition coefficient (Wildman–Crippen LogP) is 2.06. The Labute approximate surface area is 169 Å². The first-order chi connectivity index (χ1) is 14.0. The van der Waals surface area contributed by atoms with Gasteiger partial charge >= 0.3 is 0 Å². The number of nitrogens with zero attached hydrogens (tertiary/aromatic N) is 1. The third-order valence-corrected chi connectivity index (χ3v) is 4.96. The van der Waals surface area contributed by atoms with E-state index in [2.05, 4.69) is 12.2 Å². The smallest absolute Gasteiger partial charge is 0.262 e. The summed E-state index contributed by atoms with van der Waals surface area (Å²) in [7, 11) is 0. The van der Waals surface area contributed by atoms with Gasteiger partial charge in [-0.3, -0.25) is 29.4 Å². The van der Waals surface area contributed by atoms with Crippen LogP contribution >= 0.6 is 0 Å². The maximum absolute atomic E-state index is 12.8. The monoisotopic (exact) mass is 402 g/mol. The highest BCUT2D eigenvalue weighted by atomic mass is 16.5. The van der Waals surface area contributed by atoms with Gasteiger partial charge in [0.15, 0.2) is 0 Å². The van der Waals surface area contributed by atoms with Gasteiger partial charge in [-0.1, -0.05) is 6.92 Å². The summed E-state index contributed by atoms with van der Waals surface area (Å²) in [6.45, 7) is 4.12. The molecule has 4 amide bonds. The number of fused-ring (bicyclic) bond motifs is 1. The second-order valence-corrected chi connectivity index (χ2v) is 7.18. The lowest BCUT2D eigenvalue weighted by molar-refractivity contribution is -0.136. The minimum absolute atomic E-state index is 0.0989. The number of hydrogen-bond acceptors (Lipinski definition) is 6. The standard InChI is InChI=1S/C21H26N2O6/c1-2-10-28-11-4-3-5-12-29-14-6-7-15-16(13-14)21(27)23(20(15)26)17-8-9-18(24)22-19(17)25/h6-7,13,17H,2-5,8-12H2,1H3,(H,22,24,25). The Morgan fingerprint density at radius 1 is 1.00 bits per heavy atom. The van der Waals surface area contributed by atoms with Crippen LogP contribution in [0.5, 0.6) is 5.75 Å². The van der Waals surface area contributed by atoms with Crippen LogP contribution in [0.15, 0.2) is 18.2 Å². The number of unbranched alkanes of at least 4 members (excludes halogenated alkanes) is 2. The van der Waals surface area contributed by atoms with Gasteiger partial charge in [-0.05, 0) is 50.3 Å². The lowest BCUT2D eigenvalue weighted by atomic mass is 10.0. The van der Waals surface area contributed by atoms with Crippen molar-refractivity contribution >= 4 is 23.6 Å². The van der Waals surface area contributed by atoms with Gasteiger partial charge in [-0.2, -0.15) is 0 Å². The number of nitrogens with one attached hydrogen (secondary N) is 1. The second-order valence-electron chi connectivity index (χ2n) is 7.18. The van der Waals surface area contributed by atoms with Crippen molar-refractivity contribution in [1.82, 2.24) is 10.2 Å². The highest BCUT2D eigenvalue weighted by Crippen LogP contribution is 2.30. The number of imide groups is 2. The molecule has 2 aliphatic rings. The van der Waals surface area contributed by atoms with Gasteiger partial charge in [0.05, 0.1) is 17.7 Å². The summed E-state index contributed by atoms with van der Waals surface area (Å²) in [6, 6.07) is 3.79. The molecule has 0 aromatic heterocycles. The molecule has 0 spiro atoms. The predicted molar refractivity (Wildman–Crippen MR) is 104 cm³/mol. The van der Waals surface area contributed by atoms with Crippen molar-refractivity contribution in [2.75, 3.05) is 19.8 Å². The zero-order valence-corrected chi connectivity index (χ0v) is 16.6. The van der Waals surface area contributed by atoms with Crippen LogP contribution in [0.2, 0.25) is 0 Å². The summed E-state index contributed by atoms with van der Waals surface area (Å²) >= 11 is 0. The Bertz CT molecular complexity index is 806. The molecule has 1 atom stereocenters. The minimum atomic E-state index is -0.959. The number of rotatable bonds is 10. The molecule has 2 aliphatic heterocycles. The Hall–Kier alpha value is -2.74. The molecule has 3 rings (SSSR count). The zero-order valence-electron chi connectivity index (χ0n) is 16.6. The van der Waals surface area contributed by atoms with Gasteiger partial charge in [0.1, 0.15) is 11.8 Å². The van der Waals surface area contributed by atoms with Crippen LogP contribution in [0.3, 0.4) is 0 Å². The van der Waals surface area contributed by atoms with E-state index in [1.165, 1.54) is 0 Å². The summed E-state index contributed by atoms with van der Waals surface area (Å²) in [5.74, 6) is -1.54. The number of carbonyl (C=O) groups is 4. The molecule has 2 heterocycles. The fourth-order valence-electron chi connectivity index (χ4n) is 3.46. The van der Waals surface area contributed by atoms with Crippen molar-refractivity contribution < 1.29 is 28.7 Å². The van der Waals surface area contributed by atoms with Crippen LogP contribution in [-0.4, -0.2) is 54.4 Å². The Morgan fingerprint density at radius 2 is 1.76 bits per heavy atom. The third-order valence-electron chi connectivity index (χ3n) is 4.96. The third kappa shape index (κ3) is 4.82. The summed E-state index contributed by atoms with van der Waals surface area (Å²) in [4.78, 5) is 49.8. The van der Waals surface area contributed by atoms with E-state index in [1.807, 2.05) is 0 Å². The van der Waals surface area contributed by atoms with Crippen LogP contribution in [0.25, 0.3) is 0 Å². The van der Waals surface area contributed by atoms with E-state index >= 15 is 0 Å². The molecule has 0 bridgehead atoms. The highest BCUT2D eigenvalue weighted by Gasteiger charge is 2.44. The van der Waals surface area contributed by atoms with Crippen molar-refractivity contribution in [3.05, 3.63) is 29.3 Å². The maximum atomic E-state index is 12.8. The first-order valence-electron chi connectivity index (χ1n) is 10.1. The number of piperidine rings is 1. The average Bonchev–Trinajstić information content (AvgIpc) is 2.94. The first kappa shape index (κ1) is 21.0. The molecular weight excluding hydrogens is 376 g/mol. The van der Waals surface area contributed by atoms with Crippen LogP contribution in [0.1, 0.15) is 66.2 Å². The van der Waals surface area contributed by atoms with E-state index in [9.17, 15) is 19.2 Å². The van der Waals surface area contributed by atoms with E-state index in [0.29, 0.717) is 12.4 Å². The van der Waals surface area contributed by atoms with Gasteiger partial charge in [0, 0.05) is 19.6 Å². The van der Waals surface area contributed by atoms with Crippen LogP contribution in [0.4, 0.5) is 0 Å². The highest BCUT2D eigenvalue weighted by molar-refractivity contribution is 6.23. The Morgan fingerprint density at radius 3 is 2.52 bits per heavy atom. The van der Waals surface area contributed by atoms with Gasteiger partial charge in [0.2, 0.25) is 11.8 Å². The van der Waals surface area contributed by atoms with Crippen LogP contribution in [-0.2, 0) is 14.3 Å². The van der Waals surface area contributed by atoms with E-state index in [1.54, 1.807) is 18.2 Å². The van der Waals surface area contributed by atoms with E-state index in [4.69, 9.17) is 9.47 Å². The molecule has 1 aromatic rings. The number of hydrogen-bond donors (Lipinski definition) is 1. The lowest BCUT2D eigenvalue weighted by Crippen LogP contribution is -2.54. The molecule has 1 aromatic carbocycles. The summed E-state index contributed by atoms with van der Waals surface area (Å²) in [5.41, 5.74) is 0.477. The molecule has 0 radical (unpaired) electrons. The van der Waals surface area contributed by atoms with Crippen LogP contribution in [0, 0.1) is 0 Å². The number of carbonyl (C=O) groups excluding carboxylic acids is 4. The molecule has 1 unspecified atom stereocenters. The molecule has 0 aliphatic carbocycles. The Balaban J connectivity index is 1.55. The average molecular weight is 402 g/mol. The molecule has 29 heavy (non-hydrogen) atoms. The number of benzene rings is 1. The van der Waals surface area contributed by atoms with Gasteiger partial charge in [-0.25, -0.2) is 0 Å². The SMILES string of the molecule is CCCOCCCCCOc1ccc2c(c1)C(=O)N(C1CCC(=O)NC1=O)C2=O. The molecule has 0 saturated carbocycles. The van der Waals surface area contributed by atoms with Crippen molar-refractivity contribution in [1.29, 1.82) is 0 Å². The molecule has 1 saturated heterocycles. The second kappa shape index (κ2) is 9.65. The summed E-state index contributed by atoms with van der Waals surface area (Å²) in [6.07, 6.45) is 4.07. The topological polar surface area (TPSA) is 102 Å². The fourth-order valence-corrected chi connectivity index (χ4v) is 3.46.